The Kier molecular flexibility index (Phi) is 3.35. The number of hydrogen-bond donors (Lipinski definition) is 3. The summed E-state index contributed by atoms with van der Waals surface area (Å²) in [7, 11) is -3.47. The van der Waals surface area contributed by atoms with Crippen LogP contribution in [0.25, 0.3) is 0 Å². The smallest absolute Gasteiger partial charge is 0.241 e. The molecule has 0 spiro atoms. The fraction of sp³-hybridized carbons (Fsp3) is 0.500. The Morgan fingerprint density at radius 2 is 1.78 bits per heavy atom. The van der Waals surface area contributed by atoms with Gasteiger partial charge in [0.05, 0.1) is 4.90 Å². The highest BCUT2D eigenvalue weighted by Crippen LogP contribution is 2.39. The molecule has 100 valence electrons. The lowest BCUT2D eigenvalue weighted by Gasteiger charge is -2.25. The van der Waals surface area contributed by atoms with Crippen molar-refractivity contribution < 1.29 is 8.42 Å². The number of hydrogen-bond acceptors (Lipinski definition) is 4. The zero-order chi connectivity index (χ0) is 13.4. The summed E-state index contributed by atoms with van der Waals surface area (Å²) in [6.07, 6.45) is 2.18. The van der Waals surface area contributed by atoms with Crippen LogP contribution in [0.4, 0.5) is 5.69 Å². The predicted molar refractivity (Wildman–Crippen MR) is 71.4 cm³/mol. The molecule has 0 amide bonds. The number of nitrogens with one attached hydrogen (secondary N) is 2. The molecule has 1 aromatic rings. The third-order valence-electron chi connectivity index (χ3n) is 3.33. The SMILES string of the molecule is CC(C)(NS(=O)(=O)c1ccc(NN)cc1)C1CC1. The number of anilines is 1. The van der Waals surface area contributed by atoms with E-state index in [4.69, 9.17) is 5.84 Å². The van der Waals surface area contributed by atoms with Gasteiger partial charge in [-0.25, -0.2) is 13.1 Å². The van der Waals surface area contributed by atoms with Gasteiger partial charge >= 0.3 is 0 Å². The van der Waals surface area contributed by atoms with Crippen LogP contribution in [-0.4, -0.2) is 14.0 Å². The predicted octanol–water partition coefficient (Wildman–Crippen LogP) is 1.44. The molecule has 6 heteroatoms. The molecule has 0 radical (unpaired) electrons. The molecule has 0 heterocycles. The molecular formula is C12H19N3O2S. The Labute approximate surface area is 108 Å². The highest BCUT2D eigenvalue weighted by atomic mass is 32.2. The van der Waals surface area contributed by atoms with E-state index in [2.05, 4.69) is 10.1 Å². The van der Waals surface area contributed by atoms with Gasteiger partial charge in [0, 0.05) is 11.2 Å². The van der Waals surface area contributed by atoms with Gasteiger partial charge < -0.3 is 5.43 Å². The molecule has 18 heavy (non-hydrogen) atoms. The quantitative estimate of drug-likeness (QED) is 0.558. The summed E-state index contributed by atoms with van der Waals surface area (Å²) < 4.78 is 27.2. The summed E-state index contributed by atoms with van der Waals surface area (Å²) in [4.78, 5) is 0.259. The van der Waals surface area contributed by atoms with Gasteiger partial charge in [-0.05, 0) is 56.9 Å². The molecular weight excluding hydrogens is 250 g/mol. The summed E-state index contributed by atoms with van der Waals surface area (Å²) in [6, 6.07) is 6.36. The molecule has 0 aliphatic heterocycles. The van der Waals surface area contributed by atoms with E-state index in [1.54, 1.807) is 24.3 Å². The van der Waals surface area contributed by atoms with Crippen LogP contribution >= 0.6 is 0 Å². The van der Waals surface area contributed by atoms with E-state index in [1.165, 1.54) is 0 Å². The molecule has 5 nitrogen and oxygen atoms in total. The van der Waals surface area contributed by atoms with Gasteiger partial charge in [0.25, 0.3) is 0 Å². The Hall–Kier alpha value is -1.11. The van der Waals surface area contributed by atoms with Crippen molar-refractivity contribution in [3.8, 4) is 0 Å². The van der Waals surface area contributed by atoms with Gasteiger partial charge in [0.1, 0.15) is 0 Å². The fourth-order valence-electron chi connectivity index (χ4n) is 2.02. The van der Waals surface area contributed by atoms with Crippen molar-refractivity contribution in [1.82, 2.24) is 4.72 Å². The van der Waals surface area contributed by atoms with E-state index in [1.807, 2.05) is 13.8 Å². The molecule has 0 aromatic heterocycles. The Bertz CT molecular complexity index is 519. The second-order valence-corrected chi connectivity index (χ2v) is 6.95. The number of nitrogen functional groups attached to an aromatic ring is 1. The zero-order valence-corrected chi connectivity index (χ0v) is 11.4. The second kappa shape index (κ2) is 4.53. The van der Waals surface area contributed by atoms with Gasteiger partial charge in [0.2, 0.25) is 10.0 Å². The molecule has 1 aromatic carbocycles. The van der Waals surface area contributed by atoms with Crippen molar-refractivity contribution >= 4 is 15.7 Å². The van der Waals surface area contributed by atoms with Crippen LogP contribution in [0.2, 0.25) is 0 Å². The average molecular weight is 269 g/mol. The van der Waals surface area contributed by atoms with Crippen LogP contribution < -0.4 is 16.0 Å². The number of benzene rings is 1. The van der Waals surface area contributed by atoms with Crippen molar-refractivity contribution in [3.63, 3.8) is 0 Å². The lowest BCUT2D eigenvalue weighted by molar-refractivity contribution is 0.400. The first-order valence-corrected chi connectivity index (χ1v) is 7.44. The summed E-state index contributed by atoms with van der Waals surface area (Å²) in [6.45, 7) is 3.86. The zero-order valence-electron chi connectivity index (χ0n) is 10.6. The Balaban J connectivity index is 2.19. The van der Waals surface area contributed by atoms with Crippen LogP contribution in [0.5, 0.6) is 0 Å². The molecule has 0 atom stereocenters. The average Bonchev–Trinajstić information content (AvgIpc) is 3.12. The molecule has 2 rings (SSSR count). The minimum absolute atomic E-state index is 0.259. The first kappa shape index (κ1) is 13.3. The van der Waals surface area contributed by atoms with E-state index in [-0.39, 0.29) is 10.4 Å². The maximum atomic E-state index is 12.2. The van der Waals surface area contributed by atoms with Crippen molar-refractivity contribution in [1.29, 1.82) is 0 Å². The summed E-state index contributed by atoms with van der Waals surface area (Å²) in [5.74, 6) is 5.69. The molecule has 4 N–H and O–H groups in total. The van der Waals surface area contributed by atoms with Crippen LogP contribution in [0, 0.1) is 5.92 Å². The van der Waals surface area contributed by atoms with Crippen molar-refractivity contribution in [2.45, 2.75) is 37.1 Å². The molecule has 1 saturated carbocycles. The Morgan fingerprint density at radius 1 is 1.22 bits per heavy atom. The number of hydrazine groups is 1. The number of nitrogens with two attached hydrogens (primary N) is 1. The lowest BCUT2D eigenvalue weighted by Crippen LogP contribution is -2.45. The van der Waals surface area contributed by atoms with Crippen LogP contribution in [0.1, 0.15) is 26.7 Å². The first-order valence-electron chi connectivity index (χ1n) is 5.96. The monoisotopic (exact) mass is 269 g/mol. The van der Waals surface area contributed by atoms with Gasteiger partial charge in [-0.15, -0.1) is 0 Å². The van der Waals surface area contributed by atoms with E-state index < -0.39 is 10.0 Å². The highest BCUT2D eigenvalue weighted by molar-refractivity contribution is 7.89. The lowest BCUT2D eigenvalue weighted by atomic mass is 10.0. The molecule has 1 aliphatic carbocycles. The highest BCUT2D eigenvalue weighted by Gasteiger charge is 2.40. The van der Waals surface area contributed by atoms with Crippen molar-refractivity contribution in [2.75, 3.05) is 5.43 Å². The Morgan fingerprint density at radius 3 is 2.22 bits per heavy atom. The maximum absolute atomic E-state index is 12.2. The van der Waals surface area contributed by atoms with Crippen LogP contribution in [0.3, 0.4) is 0 Å². The van der Waals surface area contributed by atoms with E-state index in [9.17, 15) is 8.42 Å². The van der Waals surface area contributed by atoms with Crippen LogP contribution in [0.15, 0.2) is 29.2 Å². The molecule has 0 unspecified atom stereocenters. The van der Waals surface area contributed by atoms with Gasteiger partial charge in [-0.3, -0.25) is 5.84 Å². The molecule has 0 bridgehead atoms. The van der Waals surface area contributed by atoms with E-state index in [0.29, 0.717) is 11.6 Å². The third kappa shape index (κ3) is 2.82. The van der Waals surface area contributed by atoms with Crippen LogP contribution in [-0.2, 0) is 10.0 Å². The summed E-state index contributed by atoms with van der Waals surface area (Å²) in [5, 5.41) is 0. The first-order chi connectivity index (χ1) is 8.35. The number of rotatable bonds is 5. The molecule has 1 fully saturated rings. The largest absolute Gasteiger partial charge is 0.324 e. The van der Waals surface area contributed by atoms with Crippen molar-refractivity contribution in [3.05, 3.63) is 24.3 Å². The normalized spacial score (nSPS) is 16.6. The third-order valence-corrected chi connectivity index (χ3v) is 5.01. The number of sulfonamides is 1. The standard InChI is InChI=1S/C12H19N3O2S/c1-12(2,9-3-4-9)15-18(16,17)11-7-5-10(14-13)6-8-11/h5-9,14-15H,3-4,13H2,1-2H3. The molecule has 1 aliphatic rings. The maximum Gasteiger partial charge on any atom is 0.241 e. The van der Waals surface area contributed by atoms with Gasteiger partial charge in [0.15, 0.2) is 0 Å². The van der Waals surface area contributed by atoms with E-state index in [0.717, 1.165) is 12.8 Å². The summed E-state index contributed by atoms with van der Waals surface area (Å²) >= 11 is 0. The molecule has 0 saturated heterocycles. The second-order valence-electron chi connectivity index (χ2n) is 5.27. The minimum atomic E-state index is -3.47. The minimum Gasteiger partial charge on any atom is -0.324 e. The van der Waals surface area contributed by atoms with Crippen molar-refractivity contribution in [2.24, 2.45) is 11.8 Å². The fourth-order valence-corrected chi connectivity index (χ4v) is 3.50. The van der Waals surface area contributed by atoms with E-state index >= 15 is 0 Å². The van der Waals surface area contributed by atoms with Gasteiger partial charge in [-0.2, -0.15) is 0 Å². The topological polar surface area (TPSA) is 84.2 Å². The summed E-state index contributed by atoms with van der Waals surface area (Å²) in [5.41, 5.74) is 2.76. The van der Waals surface area contributed by atoms with Gasteiger partial charge in [-0.1, -0.05) is 0 Å².